The molecule has 0 bridgehead atoms. The van der Waals surface area contributed by atoms with Crippen LogP contribution in [0.2, 0.25) is 0 Å². The lowest BCUT2D eigenvalue weighted by Crippen LogP contribution is -1.98. The minimum Gasteiger partial charge on any atom is -0.503 e. The van der Waals surface area contributed by atoms with Crippen LogP contribution in [-0.4, -0.2) is 20.4 Å². The van der Waals surface area contributed by atoms with E-state index in [1.807, 2.05) is 0 Å². The van der Waals surface area contributed by atoms with Crippen LogP contribution in [0, 0.1) is 0 Å². The summed E-state index contributed by atoms with van der Waals surface area (Å²) in [5.74, 6) is -1.03. The minimum atomic E-state index is -0.259. The lowest BCUT2D eigenvalue weighted by atomic mass is 10.0. The van der Waals surface area contributed by atoms with Gasteiger partial charge in [0, 0.05) is 8.95 Å². The average Bonchev–Trinajstić information content (AvgIpc) is 2.57. The molecule has 0 aromatic heterocycles. The quantitative estimate of drug-likeness (QED) is 0.206. The molecule has 0 fully saturated rings. The fourth-order valence-electron chi connectivity index (χ4n) is 2.06. The Morgan fingerprint density at radius 2 is 0.667 bits per heavy atom. The molecule has 0 atom stereocenters. The largest absolute Gasteiger partial charge is 0.503 e. The van der Waals surface area contributed by atoms with Gasteiger partial charge in [0.15, 0.2) is 23.0 Å². The van der Waals surface area contributed by atoms with Crippen LogP contribution in [-0.2, 0) is 12.8 Å². The van der Waals surface area contributed by atoms with Crippen molar-refractivity contribution in [1.29, 1.82) is 0 Å². The van der Waals surface area contributed by atoms with Crippen LogP contribution in [0.5, 0.6) is 23.0 Å². The van der Waals surface area contributed by atoms with Crippen molar-refractivity contribution in [1.82, 2.24) is 0 Å². The van der Waals surface area contributed by atoms with Crippen molar-refractivity contribution in [2.24, 2.45) is 0 Å². The second-order valence-corrected chi connectivity index (χ2v) is 9.49. The van der Waals surface area contributed by atoms with Crippen LogP contribution >= 0.6 is 95.6 Å². The molecule has 0 saturated heterocycles. The number of phenols is 4. The Morgan fingerprint density at radius 1 is 0.417 bits per heavy atom. The zero-order valence-corrected chi connectivity index (χ0v) is 21.0. The molecule has 4 N–H and O–H groups in total. The van der Waals surface area contributed by atoms with Gasteiger partial charge in [0.2, 0.25) is 0 Å². The van der Waals surface area contributed by atoms with E-state index in [4.69, 9.17) is 0 Å². The SMILES string of the molecule is Oc1c(O)c(Br)c(CCc2c(Br)c(O)c(O)c(Br)c2Br)c(Br)c1Br. The highest BCUT2D eigenvalue weighted by molar-refractivity contribution is 9.13. The molecule has 24 heavy (non-hydrogen) atoms. The zero-order chi connectivity index (χ0) is 18.3. The summed E-state index contributed by atoms with van der Waals surface area (Å²) < 4.78 is 2.68. The second kappa shape index (κ2) is 8.04. The second-order valence-electron chi connectivity index (χ2n) is 4.74. The van der Waals surface area contributed by atoms with Gasteiger partial charge in [-0.05, 0) is 120 Å². The first-order chi connectivity index (χ1) is 11.1. The van der Waals surface area contributed by atoms with Crippen LogP contribution in [0.25, 0.3) is 0 Å². The van der Waals surface area contributed by atoms with Crippen molar-refractivity contribution in [3.05, 3.63) is 38.0 Å². The predicted octanol–water partition coefficient (Wildman–Crippen LogP) is 6.87. The molecule has 0 unspecified atom stereocenters. The molecule has 2 aromatic carbocycles. The first kappa shape index (κ1) is 20.8. The summed E-state index contributed by atoms with van der Waals surface area (Å²) in [6.07, 6.45) is 0.947. The molecular weight excluding hydrogens is 712 g/mol. The van der Waals surface area contributed by atoms with Crippen LogP contribution < -0.4 is 0 Å². The number of benzene rings is 2. The monoisotopic (exact) mass is 714 g/mol. The maximum atomic E-state index is 9.98. The Balaban J connectivity index is 2.48. The molecule has 0 aliphatic rings. The van der Waals surface area contributed by atoms with E-state index in [1.54, 1.807) is 0 Å². The van der Waals surface area contributed by atoms with Crippen LogP contribution in [0.3, 0.4) is 0 Å². The van der Waals surface area contributed by atoms with Gasteiger partial charge < -0.3 is 20.4 Å². The van der Waals surface area contributed by atoms with E-state index < -0.39 is 0 Å². The van der Waals surface area contributed by atoms with Crippen molar-refractivity contribution in [3.63, 3.8) is 0 Å². The number of phenolic OH excluding ortho intramolecular Hbond substituents is 4. The Labute approximate surface area is 188 Å². The molecule has 0 heterocycles. The van der Waals surface area contributed by atoms with Crippen molar-refractivity contribution in [2.75, 3.05) is 0 Å². The highest BCUT2D eigenvalue weighted by atomic mass is 79.9. The van der Waals surface area contributed by atoms with E-state index in [1.165, 1.54) is 0 Å². The first-order valence-corrected chi connectivity index (χ1v) is 11.0. The Kier molecular flexibility index (Phi) is 6.98. The molecule has 0 spiro atoms. The summed E-state index contributed by atoms with van der Waals surface area (Å²) in [6, 6.07) is 0. The van der Waals surface area contributed by atoms with Crippen LogP contribution in [0.15, 0.2) is 26.8 Å². The molecule has 10 heteroatoms. The lowest BCUT2D eigenvalue weighted by molar-refractivity contribution is 0.397. The third-order valence-corrected chi connectivity index (χ3v) is 9.42. The van der Waals surface area contributed by atoms with Gasteiger partial charge in [-0.25, -0.2) is 0 Å². The van der Waals surface area contributed by atoms with Gasteiger partial charge in [-0.3, -0.25) is 0 Å². The molecule has 2 rings (SSSR count). The van der Waals surface area contributed by atoms with Gasteiger partial charge in [0.1, 0.15) is 0 Å². The van der Waals surface area contributed by atoms with Crippen molar-refractivity contribution < 1.29 is 20.4 Å². The number of aromatic hydroxyl groups is 4. The molecular formula is C14H8Br6O4. The average molecular weight is 720 g/mol. The number of rotatable bonds is 3. The summed E-state index contributed by atoms with van der Waals surface area (Å²) in [4.78, 5) is 0. The van der Waals surface area contributed by atoms with Crippen molar-refractivity contribution in [3.8, 4) is 23.0 Å². The van der Waals surface area contributed by atoms with Crippen LogP contribution in [0.4, 0.5) is 0 Å². The normalized spacial score (nSPS) is 11.1. The van der Waals surface area contributed by atoms with Gasteiger partial charge in [0.25, 0.3) is 0 Å². The van der Waals surface area contributed by atoms with E-state index in [0.717, 1.165) is 11.1 Å². The fourth-order valence-corrected chi connectivity index (χ4v) is 5.78. The Bertz CT molecular complexity index is 709. The Hall–Kier alpha value is 0.520. The number of hydrogen-bond donors (Lipinski definition) is 4. The van der Waals surface area contributed by atoms with E-state index in [-0.39, 0.29) is 23.0 Å². The van der Waals surface area contributed by atoms with Crippen LogP contribution in [0.1, 0.15) is 11.1 Å². The van der Waals surface area contributed by atoms with Gasteiger partial charge in [0.05, 0.1) is 17.9 Å². The van der Waals surface area contributed by atoms with Gasteiger partial charge >= 0.3 is 0 Å². The maximum Gasteiger partial charge on any atom is 0.174 e. The molecule has 130 valence electrons. The van der Waals surface area contributed by atoms with E-state index in [9.17, 15) is 20.4 Å². The summed E-state index contributed by atoms with van der Waals surface area (Å²) in [5.41, 5.74) is 1.47. The molecule has 0 saturated carbocycles. The summed E-state index contributed by atoms with van der Waals surface area (Å²) in [5, 5.41) is 39.6. The minimum absolute atomic E-state index is 0.257. The Morgan fingerprint density at radius 3 is 0.958 bits per heavy atom. The smallest absolute Gasteiger partial charge is 0.174 e. The molecule has 0 amide bonds. The molecule has 0 radical (unpaired) electrons. The summed E-state index contributed by atoms with van der Waals surface area (Å²) in [7, 11) is 0. The van der Waals surface area contributed by atoms with E-state index in [2.05, 4.69) is 95.6 Å². The van der Waals surface area contributed by atoms with Crippen molar-refractivity contribution in [2.45, 2.75) is 12.8 Å². The summed E-state index contributed by atoms with van der Waals surface area (Å²) >= 11 is 19.8. The zero-order valence-electron chi connectivity index (χ0n) is 11.5. The molecule has 2 aromatic rings. The van der Waals surface area contributed by atoms with Gasteiger partial charge in [-0.15, -0.1) is 0 Å². The summed E-state index contributed by atoms with van der Waals surface area (Å²) in [6.45, 7) is 0. The van der Waals surface area contributed by atoms with Gasteiger partial charge in [-0.2, -0.15) is 0 Å². The highest BCUT2D eigenvalue weighted by Crippen LogP contribution is 2.49. The maximum absolute atomic E-state index is 9.98. The molecule has 0 aliphatic heterocycles. The first-order valence-electron chi connectivity index (χ1n) is 6.24. The lowest BCUT2D eigenvalue weighted by Gasteiger charge is -2.16. The topological polar surface area (TPSA) is 80.9 Å². The third-order valence-electron chi connectivity index (χ3n) is 3.35. The highest BCUT2D eigenvalue weighted by Gasteiger charge is 2.22. The van der Waals surface area contributed by atoms with Gasteiger partial charge in [-0.1, -0.05) is 0 Å². The molecule has 0 aliphatic carbocycles. The third kappa shape index (κ3) is 3.64. The number of halogens is 6. The van der Waals surface area contributed by atoms with Crippen molar-refractivity contribution >= 4 is 95.6 Å². The van der Waals surface area contributed by atoms with E-state index >= 15 is 0 Å². The predicted molar refractivity (Wildman–Crippen MR) is 113 cm³/mol. The number of hydrogen-bond acceptors (Lipinski definition) is 4. The standard InChI is InChI=1S/C14H8Br6O4/c15-5-3(7(17)11(21)13(23)9(5)19)1-2-4-6(16)10(20)14(24)12(22)8(4)18/h21-24H,1-2H2. The fraction of sp³-hybridized carbons (Fsp3) is 0.143. The molecule has 4 nitrogen and oxygen atoms in total. The van der Waals surface area contributed by atoms with E-state index in [0.29, 0.717) is 39.7 Å².